The van der Waals surface area contributed by atoms with Gasteiger partial charge >= 0.3 is 5.82 Å². The summed E-state index contributed by atoms with van der Waals surface area (Å²) in [6.45, 7) is 1.63. The van der Waals surface area contributed by atoms with Crippen LogP contribution in [0.3, 0.4) is 0 Å². The lowest BCUT2D eigenvalue weighted by atomic mass is 10.7. The average Bonchev–Trinajstić information content (AvgIpc) is 2.44. The summed E-state index contributed by atoms with van der Waals surface area (Å²) < 4.78 is 23.0. The molecule has 7 nitrogen and oxygen atoms in total. The fraction of sp³-hybridized carbons (Fsp3) is 0.571. The Morgan fingerprint density at radius 1 is 1.59 bits per heavy atom. The molecule has 1 aromatic heterocycles. The molecule has 0 bridgehead atoms. The summed E-state index contributed by atoms with van der Waals surface area (Å²) in [5.74, 6) is 0.126. The van der Waals surface area contributed by atoms with Gasteiger partial charge in [0.1, 0.15) is 0 Å². The Morgan fingerprint density at radius 2 is 2.18 bits per heavy atom. The molecule has 0 unspecified atom stereocenters. The summed E-state index contributed by atoms with van der Waals surface area (Å²) in [6, 6.07) is 0. The van der Waals surface area contributed by atoms with Crippen molar-refractivity contribution in [3.63, 3.8) is 0 Å². The van der Waals surface area contributed by atoms with Gasteiger partial charge in [-0.3, -0.25) is 4.57 Å². The minimum atomic E-state index is -3.58. The van der Waals surface area contributed by atoms with E-state index in [1.54, 1.807) is 18.5 Å². The number of hydrogen-bond donors (Lipinski definition) is 0. The monoisotopic (exact) mass is 299 g/mol. The predicted octanol–water partition coefficient (Wildman–Crippen LogP) is 1.30. The van der Waals surface area contributed by atoms with Crippen LogP contribution in [0.5, 0.6) is 0 Å². The van der Waals surface area contributed by atoms with E-state index in [1.807, 2.05) is 0 Å². The van der Waals surface area contributed by atoms with Gasteiger partial charge in [-0.15, -0.1) is 0 Å². The predicted molar refractivity (Wildman–Crippen MR) is 65.0 cm³/mol. The van der Waals surface area contributed by atoms with Gasteiger partial charge in [0.15, 0.2) is 5.03 Å². The van der Waals surface area contributed by atoms with Gasteiger partial charge in [-0.1, -0.05) is 11.8 Å². The largest absolute Gasteiger partial charge is 0.396 e. The van der Waals surface area contributed by atoms with Crippen LogP contribution in [-0.2, 0) is 16.1 Å². The van der Waals surface area contributed by atoms with Gasteiger partial charge in [-0.2, -0.15) is 0 Å². The Balaban J connectivity index is 2.87. The lowest BCUT2D eigenvalue weighted by molar-refractivity contribution is -0.392. The molecule has 10 heteroatoms. The van der Waals surface area contributed by atoms with E-state index in [0.29, 0.717) is 10.9 Å². The van der Waals surface area contributed by atoms with E-state index in [4.69, 9.17) is 10.7 Å². The Hall–Kier alpha value is -0.800. The molecule has 0 radical (unpaired) electrons. The second-order valence-electron chi connectivity index (χ2n) is 3.20. The number of aromatic nitrogens is 2. The van der Waals surface area contributed by atoms with E-state index >= 15 is 0 Å². The molecular weight excluding hydrogens is 290 g/mol. The van der Waals surface area contributed by atoms with Crippen LogP contribution in [0.2, 0.25) is 0 Å². The Morgan fingerprint density at radius 3 is 2.65 bits per heavy atom. The fourth-order valence-corrected chi connectivity index (χ4v) is 3.56. The summed E-state index contributed by atoms with van der Waals surface area (Å²) >= 11 is 1.04. The van der Waals surface area contributed by atoms with Gasteiger partial charge in [-0.25, -0.2) is 8.42 Å². The van der Waals surface area contributed by atoms with Crippen molar-refractivity contribution in [2.24, 2.45) is 7.05 Å². The fourth-order valence-electron chi connectivity index (χ4n) is 1.09. The van der Waals surface area contributed by atoms with Crippen LogP contribution in [-0.4, -0.2) is 34.4 Å². The molecule has 0 aromatic carbocycles. The molecule has 0 aliphatic heterocycles. The summed E-state index contributed by atoms with van der Waals surface area (Å²) in [5, 5.41) is 11.0. The minimum Gasteiger partial charge on any atom is -0.358 e. The van der Waals surface area contributed by atoms with Crippen molar-refractivity contribution < 1.29 is 13.3 Å². The van der Waals surface area contributed by atoms with Crippen LogP contribution >= 0.6 is 22.4 Å². The quantitative estimate of drug-likeness (QED) is 0.352. The maximum atomic E-state index is 10.7. The highest BCUT2D eigenvalue weighted by molar-refractivity contribution is 8.14. The molecule has 0 aliphatic carbocycles. The third-order valence-electron chi connectivity index (χ3n) is 1.99. The third-order valence-corrected chi connectivity index (χ3v) is 4.54. The van der Waals surface area contributed by atoms with Crippen molar-refractivity contribution in [3.8, 4) is 0 Å². The number of aryl methyl sites for hydroxylation is 1. The van der Waals surface area contributed by atoms with Gasteiger partial charge in [0.05, 0.1) is 5.75 Å². The maximum absolute atomic E-state index is 10.7. The first-order chi connectivity index (χ1) is 7.72. The molecule has 0 saturated heterocycles. The first-order valence-electron chi connectivity index (χ1n) is 4.45. The molecule has 1 heterocycles. The molecule has 0 N–H and O–H groups in total. The second kappa shape index (κ2) is 5.23. The van der Waals surface area contributed by atoms with Crippen LogP contribution in [0, 0.1) is 17.0 Å². The Labute approximate surface area is 107 Å². The van der Waals surface area contributed by atoms with Crippen molar-refractivity contribution in [2.75, 3.05) is 11.5 Å². The van der Waals surface area contributed by atoms with Crippen LogP contribution in [0.1, 0.15) is 5.82 Å². The molecule has 17 heavy (non-hydrogen) atoms. The third kappa shape index (κ3) is 3.86. The van der Waals surface area contributed by atoms with Crippen molar-refractivity contribution in [2.45, 2.75) is 11.9 Å². The first-order valence-corrected chi connectivity index (χ1v) is 7.91. The molecule has 0 fully saturated rings. The number of rotatable bonds is 5. The van der Waals surface area contributed by atoms with E-state index in [0.717, 1.165) is 11.8 Å². The minimum absolute atomic E-state index is 0.144. The topological polar surface area (TPSA) is 95.1 Å². The molecule has 0 spiro atoms. The van der Waals surface area contributed by atoms with E-state index in [2.05, 4.69) is 4.98 Å². The van der Waals surface area contributed by atoms with Gasteiger partial charge < -0.3 is 10.1 Å². The molecule has 1 aromatic rings. The highest BCUT2D eigenvalue weighted by Gasteiger charge is 2.24. The van der Waals surface area contributed by atoms with E-state index < -0.39 is 14.0 Å². The van der Waals surface area contributed by atoms with Gasteiger partial charge in [0.2, 0.25) is 14.9 Å². The number of nitrogens with zero attached hydrogens (tertiary/aromatic N) is 3. The van der Waals surface area contributed by atoms with Crippen LogP contribution in [0.25, 0.3) is 0 Å². The van der Waals surface area contributed by atoms with Crippen molar-refractivity contribution in [1.29, 1.82) is 0 Å². The molecule has 1 rings (SSSR count). The number of imidazole rings is 1. The normalized spacial score (nSPS) is 11.7. The molecular formula is C7H10ClN3O4S2. The highest BCUT2D eigenvalue weighted by Crippen LogP contribution is 2.29. The molecule has 0 atom stereocenters. The van der Waals surface area contributed by atoms with Crippen molar-refractivity contribution in [1.82, 2.24) is 9.55 Å². The smallest absolute Gasteiger partial charge is 0.358 e. The standard InChI is InChI=1S/C7H10ClN3O4S2/c1-5-9-6(11(12)13)7(10(5)2)16-3-4-17(8,14)15/h3-4H2,1-2H3. The summed E-state index contributed by atoms with van der Waals surface area (Å²) in [6.07, 6.45) is 0. The number of nitro groups is 1. The van der Waals surface area contributed by atoms with E-state index in [1.165, 1.54) is 0 Å². The second-order valence-corrected chi connectivity index (χ2v) is 7.18. The Bertz CT molecular complexity index is 540. The lowest BCUT2D eigenvalue weighted by Crippen LogP contribution is -2.02. The summed E-state index contributed by atoms with van der Waals surface area (Å²) in [7, 11) is 3.10. The summed E-state index contributed by atoms with van der Waals surface area (Å²) in [5.41, 5.74) is 0. The first kappa shape index (κ1) is 14.3. The zero-order chi connectivity index (χ0) is 13.2. The zero-order valence-electron chi connectivity index (χ0n) is 9.08. The SMILES string of the molecule is Cc1nc([N+](=O)[O-])c(SCCS(=O)(=O)Cl)n1C. The average molecular weight is 300 g/mol. The lowest BCUT2D eigenvalue weighted by Gasteiger charge is -2.01. The van der Waals surface area contributed by atoms with Crippen LogP contribution in [0.4, 0.5) is 5.82 Å². The number of halogens is 1. The van der Waals surface area contributed by atoms with Crippen LogP contribution in [0.15, 0.2) is 5.03 Å². The molecule has 0 aliphatic rings. The number of hydrogen-bond acceptors (Lipinski definition) is 6. The molecule has 0 amide bonds. The highest BCUT2D eigenvalue weighted by atomic mass is 35.7. The maximum Gasteiger partial charge on any atom is 0.396 e. The van der Waals surface area contributed by atoms with Gasteiger partial charge in [0.25, 0.3) is 0 Å². The van der Waals surface area contributed by atoms with Gasteiger partial charge in [-0.05, 0) is 9.91 Å². The zero-order valence-corrected chi connectivity index (χ0v) is 11.5. The summed E-state index contributed by atoms with van der Waals surface area (Å²) in [4.78, 5) is 13.9. The van der Waals surface area contributed by atoms with Gasteiger partial charge in [0, 0.05) is 30.4 Å². The molecule has 96 valence electrons. The van der Waals surface area contributed by atoms with E-state index in [-0.39, 0.29) is 17.3 Å². The van der Waals surface area contributed by atoms with Crippen molar-refractivity contribution >= 4 is 37.3 Å². The van der Waals surface area contributed by atoms with Crippen LogP contribution < -0.4 is 0 Å². The molecule has 0 saturated carbocycles. The van der Waals surface area contributed by atoms with Crippen molar-refractivity contribution in [3.05, 3.63) is 15.9 Å². The Kier molecular flexibility index (Phi) is 4.39. The van der Waals surface area contributed by atoms with E-state index in [9.17, 15) is 18.5 Å². The number of thioether (sulfide) groups is 1.